The second-order valence-corrected chi connectivity index (χ2v) is 8.71. The van der Waals surface area contributed by atoms with Gasteiger partial charge in [0.25, 0.3) is 5.91 Å². The quantitative estimate of drug-likeness (QED) is 0.647. The fraction of sp³-hybridized carbons (Fsp3) is 0.333. The van der Waals surface area contributed by atoms with Crippen molar-refractivity contribution < 1.29 is 32.2 Å². The molecule has 10 heteroatoms. The number of hydrogen-bond acceptors (Lipinski definition) is 7. The minimum Gasteiger partial charge on any atom is -0.497 e. The summed E-state index contributed by atoms with van der Waals surface area (Å²) in [5.74, 6) is -0.302. The fourth-order valence-corrected chi connectivity index (χ4v) is 5.25. The van der Waals surface area contributed by atoms with E-state index in [0.717, 1.165) is 4.31 Å². The van der Waals surface area contributed by atoms with E-state index in [2.05, 4.69) is 5.32 Å². The minimum absolute atomic E-state index is 0.102. The number of amides is 1. The smallest absolute Gasteiger partial charge is 0.324 e. The molecule has 31 heavy (non-hydrogen) atoms. The lowest BCUT2D eigenvalue weighted by molar-refractivity contribution is -0.144. The van der Waals surface area contributed by atoms with Crippen molar-refractivity contribution in [1.82, 2.24) is 4.31 Å². The van der Waals surface area contributed by atoms with E-state index in [1.807, 2.05) is 0 Å². The van der Waals surface area contributed by atoms with Crippen LogP contribution in [0.3, 0.4) is 0 Å². The molecule has 2 aromatic rings. The molecule has 1 heterocycles. The predicted octanol–water partition coefficient (Wildman–Crippen LogP) is 2.28. The Labute approximate surface area is 181 Å². The first-order chi connectivity index (χ1) is 14.8. The van der Waals surface area contributed by atoms with Crippen LogP contribution in [0.25, 0.3) is 0 Å². The van der Waals surface area contributed by atoms with Crippen LogP contribution in [0.1, 0.15) is 23.2 Å². The summed E-state index contributed by atoms with van der Waals surface area (Å²) in [5, 5.41) is 2.65. The molecule has 9 nitrogen and oxygen atoms in total. The number of ether oxygens (including phenoxy) is 3. The lowest BCUT2D eigenvalue weighted by Gasteiger charge is -2.23. The highest BCUT2D eigenvalue weighted by Crippen LogP contribution is 2.31. The maximum Gasteiger partial charge on any atom is 0.324 e. The van der Waals surface area contributed by atoms with Gasteiger partial charge in [0.2, 0.25) is 10.0 Å². The van der Waals surface area contributed by atoms with E-state index < -0.39 is 27.9 Å². The van der Waals surface area contributed by atoms with Gasteiger partial charge in [0.15, 0.2) is 0 Å². The SMILES string of the molecule is COC(=O)C1CCCN1S(=O)(=O)c1ccccc1NC(=O)c1cc(OC)cc(OC)c1. The monoisotopic (exact) mass is 448 g/mol. The number of carbonyl (C=O) groups is 2. The summed E-state index contributed by atoms with van der Waals surface area (Å²) >= 11 is 0. The van der Waals surface area contributed by atoms with Gasteiger partial charge in [0.05, 0.1) is 27.0 Å². The predicted molar refractivity (Wildman–Crippen MR) is 113 cm³/mol. The molecule has 1 amide bonds. The molecular formula is C21H24N2O7S. The molecule has 1 aliphatic heterocycles. The number of benzene rings is 2. The van der Waals surface area contributed by atoms with Crippen LogP contribution in [0.2, 0.25) is 0 Å². The third-order valence-corrected chi connectivity index (χ3v) is 6.98. The van der Waals surface area contributed by atoms with E-state index in [-0.39, 0.29) is 22.7 Å². The van der Waals surface area contributed by atoms with E-state index >= 15 is 0 Å². The molecule has 1 atom stereocenters. The summed E-state index contributed by atoms with van der Waals surface area (Å²) in [4.78, 5) is 24.8. The Balaban J connectivity index is 1.94. The largest absolute Gasteiger partial charge is 0.497 e. The first-order valence-electron chi connectivity index (χ1n) is 9.55. The lowest BCUT2D eigenvalue weighted by Crippen LogP contribution is -2.41. The number of nitrogens with zero attached hydrogens (tertiary/aromatic N) is 1. The Kier molecular flexibility index (Phi) is 6.81. The number of anilines is 1. The van der Waals surface area contributed by atoms with Crippen molar-refractivity contribution in [3.05, 3.63) is 48.0 Å². The van der Waals surface area contributed by atoms with Crippen molar-refractivity contribution >= 4 is 27.6 Å². The van der Waals surface area contributed by atoms with E-state index in [0.29, 0.717) is 24.3 Å². The Morgan fingerprint density at radius 1 is 1.03 bits per heavy atom. The number of hydrogen-bond donors (Lipinski definition) is 1. The summed E-state index contributed by atoms with van der Waals surface area (Å²) in [6.07, 6.45) is 0.918. The van der Waals surface area contributed by atoms with Crippen LogP contribution < -0.4 is 14.8 Å². The van der Waals surface area contributed by atoms with Crippen molar-refractivity contribution in [1.29, 1.82) is 0 Å². The summed E-state index contributed by atoms with van der Waals surface area (Å²) in [7, 11) is 0.0943. The highest BCUT2D eigenvalue weighted by Gasteiger charge is 2.41. The molecule has 1 unspecified atom stereocenters. The third kappa shape index (κ3) is 4.64. The van der Waals surface area contributed by atoms with Gasteiger partial charge in [-0.25, -0.2) is 8.42 Å². The molecule has 2 aromatic carbocycles. The Hall–Kier alpha value is -3.11. The number of carbonyl (C=O) groups excluding carboxylic acids is 2. The zero-order chi connectivity index (χ0) is 22.6. The molecule has 1 fully saturated rings. The molecule has 1 saturated heterocycles. The number of para-hydroxylation sites is 1. The van der Waals surface area contributed by atoms with Crippen LogP contribution in [0.15, 0.2) is 47.4 Å². The molecular weight excluding hydrogens is 424 g/mol. The number of sulfonamides is 1. The lowest BCUT2D eigenvalue weighted by atomic mass is 10.2. The van der Waals surface area contributed by atoms with E-state index in [9.17, 15) is 18.0 Å². The van der Waals surface area contributed by atoms with Gasteiger partial charge in [-0.1, -0.05) is 12.1 Å². The van der Waals surface area contributed by atoms with Gasteiger partial charge in [0, 0.05) is 18.2 Å². The highest BCUT2D eigenvalue weighted by molar-refractivity contribution is 7.89. The van der Waals surface area contributed by atoms with Crippen LogP contribution >= 0.6 is 0 Å². The van der Waals surface area contributed by atoms with Gasteiger partial charge < -0.3 is 19.5 Å². The van der Waals surface area contributed by atoms with Gasteiger partial charge in [-0.2, -0.15) is 4.31 Å². The Bertz CT molecular complexity index is 1060. The zero-order valence-electron chi connectivity index (χ0n) is 17.5. The normalized spacial score (nSPS) is 16.5. The fourth-order valence-electron chi connectivity index (χ4n) is 3.45. The summed E-state index contributed by atoms with van der Waals surface area (Å²) in [6, 6.07) is 9.82. The van der Waals surface area contributed by atoms with Crippen LogP contribution in [0.5, 0.6) is 11.5 Å². The van der Waals surface area contributed by atoms with Crippen LogP contribution in [-0.4, -0.2) is 58.5 Å². The number of methoxy groups -OCH3 is 3. The van der Waals surface area contributed by atoms with Crippen LogP contribution in [0, 0.1) is 0 Å². The maximum atomic E-state index is 13.3. The van der Waals surface area contributed by atoms with Crippen LogP contribution in [-0.2, 0) is 19.6 Å². The van der Waals surface area contributed by atoms with Gasteiger partial charge in [0.1, 0.15) is 22.4 Å². The van der Waals surface area contributed by atoms with Crippen LogP contribution in [0.4, 0.5) is 5.69 Å². The van der Waals surface area contributed by atoms with Gasteiger partial charge in [-0.05, 0) is 37.1 Å². The summed E-state index contributed by atoms with van der Waals surface area (Å²) < 4.78 is 42.9. The Morgan fingerprint density at radius 3 is 2.29 bits per heavy atom. The van der Waals surface area contributed by atoms with Gasteiger partial charge >= 0.3 is 5.97 Å². The van der Waals surface area contributed by atoms with E-state index in [1.54, 1.807) is 18.2 Å². The Morgan fingerprint density at radius 2 is 1.68 bits per heavy atom. The molecule has 0 radical (unpaired) electrons. The van der Waals surface area contributed by atoms with Gasteiger partial charge in [-0.3, -0.25) is 9.59 Å². The molecule has 0 bridgehead atoms. The molecule has 3 rings (SSSR count). The molecule has 1 aliphatic rings. The van der Waals surface area contributed by atoms with E-state index in [4.69, 9.17) is 14.2 Å². The molecule has 166 valence electrons. The van der Waals surface area contributed by atoms with Gasteiger partial charge in [-0.15, -0.1) is 0 Å². The average molecular weight is 448 g/mol. The zero-order valence-corrected chi connectivity index (χ0v) is 18.3. The molecule has 0 spiro atoms. The van der Waals surface area contributed by atoms with Crippen molar-refractivity contribution in [3.63, 3.8) is 0 Å². The topological polar surface area (TPSA) is 111 Å². The molecule has 0 aromatic heterocycles. The first-order valence-corrected chi connectivity index (χ1v) is 11.0. The van der Waals surface area contributed by atoms with Crippen molar-refractivity contribution in [2.75, 3.05) is 33.2 Å². The van der Waals surface area contributed by atoms with Crippen molar-refractivity contribution in [2.24, 2.45) is 0 Å². The summed E-state index contributed by atoms with van der Waals surface area (Å²) in [6.45, 7) is 0.192. The number of esters is 1. The summed E-state index contributed by atoms with van der Waals surface area (Å²) in [5.41, 5.74) is 0.335. The second kappa shape index (κ2) is 9.36. The number of rotatable bonds is 7. The second-order valence-electron chi connectivity index (χ2n) is 6.85. The maximum absolute atomic E-state index is 13.3. The molecule has 0 saturated carbocycles. The number of nitrogens with one attached hydrogen (secondary N) is 1. The average Bonchev–Trinajstić information content (AvgIpc) is 3.29. The van der Waals surface area contributed by atoms with Crippen molar-refractivity contribution in [3.8, 4) is 11.5 Å². The highest BCUT2D eigenvalue weighted by atomic mass is 32.2. The van der Waals surface area contributed by atoms with Crippen molar-refractivity contribution in [2.45, 2.75) is 23.8 Å². The first kappa shape index (κ1) is 22.6. The minimum atomic E-state index is -4.06. The molecule has 1 N–H and O–H groups in total. The standard InChI is InChI=1S/C21H24N2O7S/c1-28-15-11-14(12-16(13-15)29-2)20(24)22-17-7-4-5-9-19(17)31(26,27)23-10-6-8-18(23)21(25)30-3/h4-5,7,9,11-13,18H,6,8,10H2,1-3H3,(H,22,24). The van der Waals surface area contributed by atoms with E-state index in [1.165, 1.54) is 45.6 Å². The third-order valence-electron chi connectivity index (χ3n) is 5.01. The molecule has 0 aliphatic carbocycles.